The maximum absolute atomic E-state index is 13.2. The normalized spacial score (nSPS) is 18.9. The predicted molar refractivity (Wildman–Crippen MR) is 176 cm³/mol. The number of aromatic nitrogens is 3. The predicted octanol–water partition coefficient (Wildman–Crippen LogP) is 3.62. The van der Waals surface area contributed by atoms with Crippen LogP contribution in [0.5, 0.6) is 5.88 Å². The number of benzene rings is 2. The minimum Gasteiger partial charge on any atom is -0.481 e. The zero-order valence-electron chi connectivity index (χ0n) is 26.1. The molecule has 2 aromatic carbocycles. The number of fused-ring (bicyclic) bond motifs is 1. The maximum Gasteiger partial charge on any atom is 0.330 e. The quantitative estimate of drug-likeness (QED) is 0.264. The smallest absolute Gasteiger partial charge is 0.330 e. The Balaban J connectivity index is 1.32. The van der Waals surface area contributed by atoms with Gasteiger partial charge in [0.15, 0.2) is 0 Å². The molecular formula is C34H36ClN5O6. The number of nitrogens with zero attached hydrogens (tertiary/aromatic N) is 3. The molecule has 1 aliphatic carbocycles. The van der Waals surface area contributed by atoms with E-state index in [0.29, 0.717) is 40.2 Å². The molecular weight excluding hydrogens is 610 g/mol. The van der Waals surface area contributed by atoms with Gasteiger partial charge in [0.25, 0.3) is 11.5 Å². The molecule has 2 aliphatic rings. The summed E-state index contributed by atoms with van der Waals surface area (Å²) in [6.07, 6.45) is 2.07. The molecule has 1 fully saturated rings. The molecule has 0 bridgehead atoms. The standard InChI is InChI=1S/C34H36ClN5O6/c1-18-21(7-6-10-25(18)37-31(42)24-16-39(2)34(44)40(3)33(24)43)22-8-5-9-23(29(22)35)26-13-20-14-27(41)30(28(20)32(38-26)45-4)36-15-19-11-12-46-17-19/h5-10,13,16,19,27,30,36,41H,11-12,14-15,17H2,1-4H3,(H,37,42). The van der Waals surface area contributed by atoms with Crippen LogP contribution >= 0.6 is 11.6 Å². The molecule has 1 amide bonds. The maximum atomic E-state index is 13.2. The number of hydrogen-bond donors (Lipinski definition) is 3. The first kappa shape index (κ1) is 31.7. The van der Waals surface area contributed by atoms with E-state index in [-0.39, 0.29) is 11.6 Å². The third kappa shape index (κ3) is 5.75. The number of amides is 1. The molecule has 0 radical (unpaired) electrons. The number of halogens is 1. The Morgan fingerprint density at radius 2 is 1.89 bits per heavy atom. The lowest BCUT2D eigenvalue weighted by atomic mass is 9.96. The summed E-state index contributed by atoms with van der Waals surface area (Å²) in [4.78, 5) is 42.7. The van der Waals surface area contributed by atoms with E-state index in [4.69, 9.17) is 26.1 Å². The summed E-state index contributed by atoms with van der Waals surface area (Å²) >= 11 is 7.08. The van der Waals surface area contributed by atoms with E-state index in [1.165, 1.54) is 24.9 Å². The number of pyridine rings is 1. The van der Waals surface area contributed by atoms with Crippen LogP contribution in [0.1, 0.15) is 39.5 Å². The average molecular weight is 646 g/mol. The lowest BCUT2D eigenvalue weighted by Crippen LogP contribution is -2.40. The van der Waals surface area contributed by atoms with Gasteiger partial charge in [-0.1, -0.05) is 41.9 Å². The molecule has 240 valence electrons. The van der Waals surface area contributed by atoms with Crippen LogP contribution in [0.15, 0.2) is 58.3 Å². The van der Waals surface area contributed by atoms with Crippen LogP contribution in [0, 0.1) is 12.8 Å². The van der Waals surface area contributed by atoms with Crippen LogP contribution < -0.4 is 26.6 Å². The molecule has 2 aromatic heterocycles. The SMILES string of the molecule is COc1nc(-c2cccc(-c3cccc(NC(=O)c4cn(C)c(=O)n(C)c4=O)c3C)c2Cl)cc2c1C(NCC1CCOC1)C(O)C2. The second-order valence-corrected chi connectivity index (χ2v) is 12.3. The van der Waals surface area contributed by atoms with Gasteiger partial charge in [-0.05, 0) is 48.1 Å². The first-order chi connectivity index (χ1) is 22.1. The molecule has 4 aromatic rings. The molecule has 3 atom stereocenters. The van der Waals surface area contributed by atoms with Gasteiger partial charge in [0.1, 0.15) is 5.56 Å². The summed E-state index contributed by atoms with van der Waals surface area (Å²) in [5, 5.41) is 17.8. The Morgan fingerprint density at radius 1 is 1.15 bits per heavy atom. The highest BCUT2D eigenvalue weighted by Crippen LogP contribution is 2.43. The lowest BCUT2D eigenvalue weighted by molar-refractivity contribution is 0.102. The molecule has 3 N–H and O–H groups in total. The second-order valence-electron chi connectivity index (χ2n) is 11.9. The van der Waals surface area contributed by atoms with Gasteiger partial charge in [-0.3, -0.25) is 14.2 Å². The molecule has 0 saturated carbocycles. The third-order valence-electron chi connectivity index (χ3n) is 8.92. The second kappa shape index (κ2) is 12.8. The molecule has 0 spiro atoms. The molecule has 1 saturated heterocycles. The van der Waals surface area contributed by atoms with E-state index in [9.17, 15) is 19.5 Å². The molecule has 3 unspecified atom stereocenters. The summed E-state index contributed by atoms with van der Waals surface area (Å²) in [7, 11) is 4.39. The van der Waals surface area contributed by atoms with Gasteiger partial charge in [0.05, 0.1) is 36.6 Å². The Bertz CT molecular complexity index is 1950. The number of nitrogens with one attached hydrogen (secondary N) is 2. The van der Waals surface area contributed by atoms with E-state index in [0.717, 1.165) is 58.6 Å². The van der Waals surface area contributed by atoms with Gasteiger partial charge < -0.3 is 29.8 Å². The van der Waals surface area contributed by atoms with Gasteiger partial charge >= 0.3 is 5.69 Å². The first-order valence-corrected chi connectivity index (χ1v) is 15.5. The van der Waals surface area contributed by atoms with Crippen LogP contribution in [0.4, 0.5) is 5.69 Å². The van der Waals surface area contributed by atoms with Crippen LogP contribution in [-0.2, 0) is 25.3 Å². The van der Waals surface area contributed by atoms with Crippen molar-refractivity contribution in [3.8, 4) is 28.3 Å². The minimum atomic E-state index is -0.680. The number of aliphatic hydroxyl groups is 1. The highest BCUT2D eigenvalue weighted by Gasteiger charge is 2.36. The van der Waals surface area contributed by atoms with Crippen molar-refractivity contribution in [2.24, 2.45) is 20.0 Å². The van der Waals surface area contributed by atoms with Crippen molar-refractivity contribution in [1.82, 2.24) is 19.4 Å². The number of methoxy groups -OCH3 is 1. The average Bonchev–Trinajstić information content (AvgIpc) is 3.68. The van der Waals surface area contributed by atoms with E-state index in [1.54, 1.807) is 19.2 Å². The van der Waals surface area contributed by atoms with Gasteiger partial charge in [0, 0.05) is 62.2 Å². The Hall–Kier alpha value is -4.29. The van der Waals surface area contributed by atoms with Crippen molar-refractivity contribution in [2.45, 2.75) is 31.9 Å². The van der Waals surface area contributed by atoms with Crippen LogP contribution in [-0.4, -0.2) is 58.1 Å². The fourth-order valence-electron chi connectivity index (χ4n) is 6.34. The van der Waals surface area contributed by atoms with Crippen LogP contribution in [0.2, 0.25) is 5.02 Å². The van der Waals surface area contributed by atoms with Crippen molar-refractivity contribution in [1.29, 1.82) is 0 Å². The molecule has 46 heavy (non-hydrogen) atoms. The summed E-state index contributed by atoms with van der Waals surface area (Å²) in [6, 6.07) is 12.8. The van der Waals surface area contributed by atoms with Crippen molar-refractivity contribution in [2.75, 3.05) is 32.2 Å². The van der Waals surface area contributed by atoms with Crippen LogP contribution in [0.25, 0.3) is 22.4 Å². The van der Waals surface area contributed by atoms with Gasteiger partial charge in [-0.2, -0.15) is 0 Å². The number of anilines is 1. The minimum absolute atomic E-state index is 0.152. The number of hydrogen-bond acceptors (Lipinski definition) is 8. The number of carbonyl (C=O) groups is 1. The first-order valence-electron chi connectivity index (χ1n) is 15.1. The molecule has 1 aliphatic heterocycles. The number of carbonyl (C=O) groups excluding carboxylic acids is 1. The summed E-state index contributed by atoms with van der Waals surface area (Å²) in [5.74, 6) is 0.223. The topological polar surface area (TPSA) is 137 Å². The summed E-state index contributed by atoms with van der Waals surface area (Å²) in [6.45, 7) is 4.08. The van der Waals surface area contributed by atoms with E-state index in [1.807, 2.05) is 37.3 Å². The van der Waals surface area contributed by atoms with Gasteiger partial charge in [0.2, 0.25) is 5.88 Å². The Morgan fingerprint density at radius 3 is 2.63 bits per heavy atom. The Labute approximate surface area is 270 Å². The summed E-state index contributed by atoms with van der Waals surface area (Å²) in [5.41, 5.74) is 4.50. The van der Waals surface area contributed by atoms with Crippen molar-refractivity contribution in [3.63, 3.8) is 0 Å². The zero-order valence-corrected chi connectivity index (χ0v) is 26.9. The number of rotatable bonds is 8. The lowest BCUT2D eigenvalue weighted by Gasteiger charge is -2.21. The highest BCUT2D eigenvalue weighted by atomic mass is 35.5. The number of aryl methyl sites for hydroxylation is 1. The Kier molecular flexibility index (Phi) is 8.84. The summed E-state index contributed by atoms with van der Waals surface area (Å²) < 4.78 is 13.3. The largest absolute Gasteiger partial charge is 0.481 e. The fraction of sp³-hybridized carbons (Fsp3) is 0.353. The van der Waals surface area contributed by atoms with E-state index >= 15 is 0 Å². The number of ether oxygens (including phenoxy) is 2. The molecule has 6 rings (SSSR count). The van der Waals surface area contributed by atoms with Crippen molar-refractivity contribution >= 4 is 23.2 Å². The zero-order chi connectivity index (χ0) is 32.7. The molecule has 12 heteroatoms. The fourth-order valence-corrected chi connectivity index (χ4v) is 6.67. The van der Waals surface area contributed by atoms with Gasteiger partial charge in [-0.15, -0.1) is 0 Å². The third-order valence-corrected chi connectivity index (χ3v) is 9.32. The van der Waals surface area contributed by atoms with E-state index < -0.39 is 23.3 Å². The monoisotopic (exact) mass is 645 g/mol. The van der Waals surface area contributed by atoms with Crippen molar-refractivity contribution < 1.29 is 19.4 Å². The van der Waals surface area contributed by atoms with E-state index in [2.05, 4.69) is 10.6 Å². The highest BCUT2D eigenvalue weighted by molar-refractivity contribution is 6.36. The van der Waals surface area contributed by atoms with Gasteiger partial charge in [-0.25, -0.2) is 9.78 Å². The number of aliphatic hydroxyl groups excluding tert-OH is 1. The van der Waals surface area contributed by atoms with Crippen molar-refractivity contribution in [3.05, 3.63) is 96.8 Å². The molecule has 11 nitrogen and oxygen atoms in total. The molecule has 3 heterocycles. The van der Waals surface area contributed by atoms with Crippen LogP contribution in [0.3, 0.4) is 0 Å².